The van der Waals surface area contributed by atoms with Gasteiger partial charge in [-0.2, -0.15) is 0 Å². The van der Waals surface area contributed by atoms with Crippen LogP contribution in [0.15, 0.2) is 24.9 Å². The minimum atomic E-state index is 0.354. The molecule has 0 radical (unpaired) electrons. The number of hydrogen-bond acceptors (Lipinski definition) is 6. The molecule has 2 aromatic rings. The second kappa shape index (κ2) is 5.69. The molecule has 0 saturated carbocycles. The van der Waals surface area contributed by atoms with Crippen molar-refractivity contribution in [2.75, 3.05) is 39.2 Å². The summed E-state index contributed by atoms with van der Waals surface area (Å²) in [5.74, 6) is 1.47. The van der Waals surface area contributed by atoms with Crippen LogP contribution in [0.1, 0.15) is 11.7 Å². The molecule has 112 valence electrons. The van der Waals surface area contributed by atoms with E-state index in [0.29, 0.717) is 11.9 Å². The number of rotatable bonds is 4. The van der Waals surface area contributed by atoms with E-state index in [-0.39, 0.29) is 0 Å². The molecule has 0 bridgehead atoms. The van der Waals surface area contributed by atoms with Crippen LogP contribution in [0.3, 0.4) is 0 Å². The summed E-state index contributed by atoms with van der Waals surface area (Å²) in [6.45, 7) is 2.65. The van der Waals surface area contributed by atoms with E-state index in [9.17, 15) is 0 Å². The molecule has 2 aromatic heterocycles. The van der Waals surface area contributed by atoms with Crippen molar-refractivity contribution < 1.29 is 4.74 Å². The minimum Gasteiger partial charge on any atom is -0.481 e. The van der Waals surface area contributed by atoms with Gasteiger partial charge in [0.25, 0.3) is 0 Å². The van der Waals surface area contributed by atoms with Crippen LogP contribution in [0.25, 0.3) is 0 Å². The molecule has 0 aromatic carbocycles. The normalized spacial score (nSPS) is 17.9. The molecule has 0 N–H and O–H groups in total. The van der Waals surface area contributed by atoms with Crippen molar-refractivity contribution in [3.8, 4) is 5.88 Å². The predicted octanol–water partition coefficient (Wildman–Crippen LogP) is 0.805. The molecule has 1 aliphatic heterocycles. The van der Waals surface area contributed by atoms with Crippen molar-refractivity contribution in [3.63, 3.8) is 0 Å². The third kappa shape index (κ3) is 2.82. The number of anilines is 1. The zero-order valence-electron chi connectivity index (χ0n) is 12.6. The third-order valence-electron chi connectivity index (χ3n) is 3.66. The Morgan fingerprint density at radius 2 is 2.24 bits per heavy atom. The van der Waals surface area contributed by atoms with Gasteiger partial charge in [-0.1, -0.05) is 0 Å². The van der Waals surface area contributed by atoms with E-state index in [1.165, 1.54) is 5.69 Å². The molecule has 1 atom stereocenters. The topological polar surface area (TPSA) is 59.3 Å². The number of methoxy groups -OCH3 is 1. The zero-order chi connectivity index (χ0) is 14.8. The Kier molecular flexibility index (Phi) is 3.74. The summed E-state index contributed by atoms with van der Waals surface area (Å²) in [6, 6.07) is 2.23. The van der Waals surface area contributed by atoms with Crippen LogP contribution < -0.4 is 9.64 Å². The smallest absolute Gasteiger partial charge is 0.218 e. The average molecular weight is 288 g/mol. The SMILES string of the molecule is COc1cc(N2Cc3cncn3[C@@H](CN(C)C)C2)ncn1. The number of likely N-dealkylation sites (N-methyl/N-ethyl adjacent to an activating group) is 1. The highest BCUT2D eigenvalue weighted by atomic mass is 16.5. The highest BCUT2D eigenvalue weighted by molar-refractivity contribution is 5.42. The van der Waals surface area contributed by atoms with Crippen LogP contribution >= 0.6 is 0 Å². The first-order valence-corrected chi connectivity index (χ1v) is 6.94. The van der Waals surface area contributed by atoms with E-state index in [1.54, 1.807) is 13.4 Å². The van der Waals surface area contributed by atoms with E-state index in [1.807, 2.05) is 18.6 Å². The van der Waals surface area contributed by atoms with Gasteiger partial charge in [0.2, 0.25) is 5.88 Å². The maximum absolute atomic E-state index is 5.19. The second-order valence-electron chi connectivity index (χ2n) is 5.51. The summed E-state index contributed by atoms with van der Waals surface area (Å²) >= 11 is 0. The fourth-order valence-corrected chi connectivity index (χ4v) is 2.74. The van der Waals surface area contributed by atoms with Gasteiger partial charge in [-0.25, -0.2) is 15.0 Å². The molecule has 7 nitrogen and oxygen atoms in total. The van der Waals surface area contributed by atoms with Gasteiger partial charge in [0.05, 0.1) is 31.7 Å². The molecular weight excluding hydrogens is 268 g/mol. The van der Waals surface area contributed by atoms with Gasteiger partial charge < -0.3 is 19.1 Å². The van der Waals surface area contributed by atoms with E-state index in [2.05, 4.69) is 43.4 Å². The van der Waals surface area contributed by atoms with Crippen molar-refractivity contribution in [1.29, 1.82) is 0 Å². The summed E-state index contributed by atoms with van der Waals surface area (Å²) in [7, 11) is 5.79. The van der Waals surface area contributed by atoms with E-state index in [0.717, 1.165) is 25.5 Å². The first-order valence-electron chi connectivity index (χ1n) is 6.94. The number of imidazole rings is 1. The van der Waals surface area contributed by atoms with Crippen molar-refractivity contribution >= 4 is 5.82 Å². The molecule has 0 amide bonds. The molecule has 0 aliphatic carbocycles. The van der Waals surface area contributed by atoms with Crippen LogP contribution in [-0.4, -0.2) is 58.7 Å². The van der Waals surface area contributed by atoms with Crippen molar-refractivity contribution in [3.05, 3.63) is 30.6 Å². The van der Waals surface area contributed by atoms with Crippen molar-refractivity contribution in [2.45, 2.75) is 12.6 Å². The molecule has 3 heterocycles. The Labute approximate surface area is 124 Å². The Hall–Kier alpha value is -2.15. The zero-order valence-corrected chi connectivity index (χ0v) is 12.6. The monoisotopic (exact) mass is 288 g/mol. The Balaban J connectivity index is 1.88. The molecule has 0 unspecified atom stereocenters. The molecule has 0 saturated heterocycles. The van der Waals surface area contributed by atoms with Crippen LogP contribution in [0, 0.1) is 0 Å². The Morgan fingerprint density at radius 1 is 1.38 bits per heavy atom. The first kappa shape index (κ1) is 13.8. The Morgan fingerprint density at radius 3 is 3.00 bits per heavy atom. The maximum Gasteiger partial charge on any atom is 0.218 e. The lowest BCUT2D eigenvalue weighted by Gasteiger charge is -2.36. The maximum atomic E-state index is 5.19. The molecule has 1 aliphatic rings. The van der Waals surface area contributed by atoms with E-state index >= 15 is 0 Å². The van der Waals surface area contributed by atoms with Crippen molar-refractivity contribution in [1.82, 2.24) is 24.4 Å². The van der Waals surface area contributed by atoms with Crippen LogP contribution in [-0.2, 0) is 6.54 Å². The van der Waals surface area contributed by atoms with Gasteiger partial charge in [0.15, 0.2) is 0 Å². The van der Waals surface area contributed by atoms with Crippen LogP contribution in [0.4, 0.5) is 5.82 Å². The van der Waals surface area contributed by atoms with Gasteiger partial charge in [-0.05, 0) is 14.1 Å². The van der Waals surface area contributed by atoms with Crippen LogP contribution in [0.5, 0.6) is 5.88 Å². The average Bonchev–Trinajstić information content (AvgIpc) is 2.95. The minimum absolute atomic E-state index is 0.354. The molecule has 0 spiro atoms. The fraction of sp³-hybridized carbons (Fsp3) is 0.500. The van der Waals surface area contributed by atoms with Gasteiger partial charge >= 0.3 is 0 Å². The number of hydrogen-bond donors (Lipinski definition) is 0. The lowest BCUT2D eigenvalue weighted by atomic mass is 10.1. The highest BCUT2D eigenvalue weighted by Crippen LogP contribution is 2.26. The largest absolute Gasteiger partial charge is 0.481 e. The lowest BCUT2D eigenvalue weighted by molar-refractivity contribution is 0.304. The number of nitrogens with zero attached hydrogens (tertiary/aromatic N) is 6. The highest BCUT2D eigenvalue weighted by Gasteiger charge is 2.26. The second-order valence-corrected chi connectivity index (χ2v) is 5.51. The predicted molar refractivity (Wildman–Crippen MR) is 79.5 cm³/mol. The molecule has 21 heavy (non-hydrogen) atoms. The number of fused-ring (bicyclic) bond motifs is 1. The molecular formula is C14H20N6O. The molecule has 3 rings (SSSR count). The van der Waals surface area contributed by atoms with Crippen molar-refractivity contribution in [2.24, 2.45) is 0 Å². The molecule has 7 heteroatoms. The van der Waals surface area contributed by atoms with Gasteiger partial charge in [0.1, 0.15) is 12.1 Å². The number of ether oxygens (including phenoxy) is 1. The summed E-state index contributed by atoms with van der Waals surface area (Å²) in [4.78, 5) is 17.2. The summed E-state index contributed by atoms with van der Waals surface area (Å²) in [5, 5.41) is 0. The van der Waals surface area contributed by atoms with Gasteiger partial charge in [0, 0.05) is 25.4 Å². The van der Waals surface area contributed by atoms with Gasteiger partial charge in [-0.3, -0.25) is 0 Å². The summed E-state index contributed by atoms with van der Waals surface area (Å²) in [6.07, 6.45) is 5.38. The Bertz CT molecular complexity index is 611. The first-order chi connectivity index (χ1) is 10.2. The lowest BCUT2D eigenvalue weighted by Crippen LogP contribution is -2.41. The van der Waals surface area contributed by atoms with Crippen LogP contribution in [0.2, 0.25) is 0 Å². The van der Waals surface area contributed by atoms with E-state index < -0.39 is 0 Å². The third-order valence-corrected chi connectivity index (χ3v) is 3.66. The van der Waals surface area contributed by atoms with Gasteiger partial charge in [-0.15, -0.1) is 0 Å². The van der Waals surface area contributed by atoms with E-state index in [4.69, 9.17) is 4.74 Å². The standard InChI is InChI=1S/C14H20N6O/c1-18(2)6-12-8-19(7-11-5-15-10-20(11)12)13-4-14(21-3)17-9-16-13/h4-5,9-10,12H,6-8H2,1-3H3/t12-/m0/s1. The summed E-state index contributed by atoms with van der Waals surface area (Å²) in [5.41, 5.74) is 1.20. The number of aromatic nitrogens is 4. The molecule has 0 fully saturated rings. The fourth-order valence-electron chi connectivity index (χ4n) is 2.74. The summed E-state index contributed by atoms with van der Waals surface area (Å²) < 4.78 is 7.45. The quantitative estimate of drug-likeness (QED) is 0.829.